The van der Waals surface area contributed by atoms with Gasteiger partial charge in [0.1, 0.15) is 5.82 Å². The van der Waals surface area contributed by atoms with E-state index < -0.39 is 0 Å². The van der Waals surface area contributed by atoms with Crippen LogP contribution in [0.2, 0.25) is 0 Å². The number of hydrogen-bond acceptors (Lipinski definition) is 5. The van der Waals surface area contributed by atoms with Crippen LogP contribution in [0.1, 0.15) is 44.3 Å². The lowest BCUT2D eigenvalue weighted by molar-refractivity contribution is 0.569. The van der Waals surface area contributed by atoms with E-state index in [2.05, 4.69) is 59.9 Å². The van der Waals surface area contributed by atoms with Gasteiger partial charge < -0.3 is 5.32 Å². The van der Waals surface area contributed by atoms with Crippen molar-refractivity contribution in [3.05, 3.63) is 28.2 Å². The van der Waals surface area contributed by atoms with Gasteiger partial charge in [-0.3, -0.25) is 0 Å². The SMILES string of the molecule is CC(C)c1nsc(NCC(C)(C)c2cccs2)n1. The predicted octanol–water partition coefficient (Wildman–Crippen LogP) is 4.11. The Hall–Kier alpha value is -0.940. The van der Waals surface area contributed by atoms with Crippen LogP contribution in [0, 0.1) is 0 Å². The van der Waals surface area contributed by atoms with E-state index in [0.717, 1.165) is 17.5 Å². The van der Waals surface area contributed by atoms with E-state index in [4.69, 9.17) is 0 Å². The maximum atomic E-state index is 4.49. The van der Waals surface area contributed by atoms with Gasteiger partial charge in [0.15, 0.2) is 0 Å². The summed E-state index contributed by atoms with van der Waals surface area (Å²) in [6, 6.07) is 4.29. The molecule has 0 amide bonds. The summed E-state index contributed by atoms with van der Waals surface area (Å²) in [6.45, 7) is 9.59. The summed E-state index contributed by atoms with van der Waals surface area (Å²) in [5, 5.41) is 6.44. The molecule has 2 rings (SSSR count). The van der Waals surface area contributed by atoms with Crippen molar-refractivity contribution < 1.29 is 0 Å². The fraction of sp³-hybridized carbons (Fsp3) is 0.538. The molecule has 3 nitrogen and oxygen atoms in total. The third kappa shape index (κ3) is 3.09. The smallest absolute Gasteiger partial charge is 0.202 e. The topological polar surface area (TPSA) is 37.8 Å². The van der Waals surface area contributed by atoms with Gasteiger partial charge in [-0.25, -0.2) is 4.98 Å². The van der Waals surface area contributed by atoms with Crippen LogP contribution < -0.4 is 5.32 Å². The molecule has 0 fully saturated rings. The third-order valence-electron chi connectivity index (χ3n) is 2.83. The molecule has 0 aromatic carbocycles. The van der Waals surface area contributed by atoms with E-state index in [1.807, 2.05) is 0 Å². The minimum absolute atomic E-state index is 0.123. The maximum Gasteiger partial charge on any atom is 0.202 e. The minimum atomic E-state index is 0.123. The highest BCUT2D eigenvalue weighted by atomic mass is 32.1. The molecule has 0 spiro atoms. The first-order chi connectivity index (χ1) is 8.49. The monoisotopic (exact) mass is 281 g/mol. The summed E-state index contributed by atoms with van der Waals surface area (Å²) in [7, 11) is 0. The number of nitrogens with zero attached hydrogens (tertiary/aromatic N) is 2. The largest absolute Gasteiger partial charge is 0.359 e. The zero-order valence-corrected chi connectivity index (χ0v) is 12.9. The van der Waals surface area contributed by atoms with Gasteiger partial charge in [-0.05, 0) is 11.4 Å². The van der Waals surface area contributed by atoms with Gasteiger partial charge in [-0.1, -0.05) is 33.8 Å². The fourth-order valence-corrected chi connectivity index (χ4v) is 3.14. The highest BCUT2D eigenvalue weighted by molar-refractivity contribution is 7.10. The Balaban J connectivity index is 1.98. The molecule has 0 aliphatic rings. The van der Waals surface area contributed by atoms with Crippen molar-refractivity contribution in [3.8, 4) is 0 Å². The van der Waals surface area contributed by atoms with Crippen LogP contribution in [-0.4, -0.2) is 15.9 Å². The van der Waals surface area contributed by atoms with Gasteiger partial charge in [-0.2, -0.15) is 4.37 Å². The summed E-state index contributed by atoms with van der Waals surface area (Å²) in [6.07, 6.45) is 0. The van der Waals surface area contributed by atoms with Gasteiger partial charge in [0, 0.05) is 34.3 Å². The summed E-state index contributed by atoms with van der Waals surface area (Å²) in [5.41, 5.74) is 0.123. The Morgan fingerprint density at radius 2 is 2.17 bits per heavy atom. The van der Waals surface area contributed by atoms with Crippen LogP contribution in [0.5, 0.6) is 0 Å². The number of anilines is 1. The van der Waals surface area contributed by atoms with Gasteiger partial charge in [0.05, 0.1) is 0 Å². The Morgan fingerprint density at radius 1 is 1.39 bits per heavy atom. The maximum absolute atomic E-state index is 4.49. The second-order valence-electron chi connectivity index (χ2n) is 5.33. The zero-order chi connectivity index (χ0) is 13.2. The van der Waals surface area contributed by atoms with Crippen molar-refractivity contribution in [2.45, 2.75) is 39.0 Å². The molecule has 1 N–H and O–H groups in total. The summed E-state index contributed by atoms with van der Waals surface area (Å²) in [4.78, 5) is 5.89. The van der Waals surface area contributed by atoms with Gasteiger partial charge in [0.25, 0.3) is 0 Å². The molecule has 0 aliphatic heterocycles. The number of aromatic nitrogens is 2. The minimum Gasteiger partial charge on any atom is -0.359 e. The van der Waals surface area contributed by atoms with Gasteiger partial charge >= 0.3 is 0 Å². The molecular formula is C13H19N3S2. The molecule has 0 unspecified atom stereocenters. The number of nitrogens with one attached hydrogen (secondary N) is 1. The second-order valence-corrected chi connectivity index (χ2v) is 7.03. The molecule has 5 heteroatoms. The molecule has 0 bridgehead atoms. The molecular weight excluding hydrogens is 262 g/mol. The van der Waals surface area contributed by atoms with Crippen molar-refractivity contribution in [2.24, 2.45) is 0 Å². The summed E-state index contributed by atoms with van der Waals surface area (Å²) in [5.74, 6) is 1.32. The van der Waals surface area contributed by atoms with E-state index in [1.54, 1.807) is 11.3 Å². The lowest BCUT2D eigenvalue weighted by Gasteiger charge is -2.23. The number of hydrogen-bond donors (Lipinski definition) is 1. The van der Waals surface area contributed by atoms with E-state index >= 15 is 0 Å². The third-order valence-corrected chi connectivity index (χ3v) is 4.75. The van der Waals surface area contributed by atoms with Crippen LogP contribution in [0.25, 0.3) is 0 Å². The second kappa shape index (κ2) is 5.36. The highest BCUT2D eigenvalue weighted by Crippen LogP contribution is 2.28. The Kier molecular flexibility index (Phi) is 4.02. The number of thiophene rings is 1. The molecule has 98 valence electrons. The van der Waals surface area contributed by atoms with Crippen molar-refractivity contribution in [3.63, 3.8) is 0 Å². The molecule has 2 heterocycles. The van der Waals surface area contributed by atoms with Crippen LogP contribution >= 0.6 is 22.9 Å². The van der Waals surface area contributed by atoms with Crippen LogP contribution in [-0.2, 0) is 5.41 Å². The van der Waals surface area contributed by atoms with E-state index in [9.17, 15) is 0 Å². The highest BCUT2D eigenvalue weighted by Gasteiger charge is 2.22. The van der Waals surface area contributed by atoms with E-state index in [0.29, 0.717) is 5.92 Å². The van der Waals surface area contributed by atoms with E-state index in [1.165, 1.54) is 16.4 Å². The standard InChI is InChI=1S/C13H19N3S2/c1-9(2)11-15-12(18-16-11)14-8-13(3,4)10-6-5-7-17-10/h5-7,9H,8H2,1-4H3,(H,14,15,16). The van der Waals surface area contributed by atoms with Crippen LogP contribution in [0.4, 0.5) is 5.13 Å². The van der Waals surface area contributed by atoms with E-state index in [-0.39, 0.29) is 5.41 Å². The molecule has 2 aromatic heterocycles. The van der Waals surface area contributed by atoms with Crippen molar-refractivity contribution in [1.29, 1.82) is 0 Å². The average molecular weight is 281 g/mol. The molecule has 0 aliphatic carbocycles. The van der Waals surface area contributed by atoms with Crippen molar-refractivity contribution in [2.75, 3.05) is 11.9 Å². The van der Waals surface area contributed by atoms with Crippen LogP contribution in [0.15, 0.2) is 17.5 Å². The van der Waals surface area contributed by atoms with Gasteiger partial charge in [-0.15, -0.1) is 11.3 Å². The zero-order valence-electron chi connectivity index (χ0n) is 11.2. The lowest BCUT2D eigenvalue weighted by Crippen LogP contribution is -2.26. The first-order valence-corrected chi connectivity index (χ1v) is 7.76. The first kappa shape index (κ1) is 13.5. The molecule has 2 aromatic rings. The molecule has 0 saturated heterocycles. The lowest BCUT2D eigenvalue weighted by atomic mass is 9.91. The van der Waals surface area contributed by atoms with Gasteiger partial charge in [0.2, 0.25) is 5.13 Å². The van der Waals surface area contributed by atoms with Crippen LogP contribution in [0.3, 0.4) is 0 Å². The molecule has 0 radical (unpaired) electrons. The summed E-state index contributed by atoms with van der Waals surface area (Å²) < 4.78 is 4.35. The normalized spacial score (nSPS) is 12.1. The first-order valence-electron chi connectivity index (χ1n) is 6.10. The summed E-state index contributed by atoms with van der Waals surface area (Å²) >= 11 is 3.25. The molecule has 0 atom stereocenters. The quantitative estimate of drug-likeness (QED) is 0.896. The fourth-order valence-electron chi connectivity index (χ4n) is 1.59. The van der Waals surface area contributed by atoms with Crippen molar-refractivity contribution >= 4 is 28.0 Å². The predicted molar refractivity (Wildman–Crippen MR) is 79.8 cm³/mol. The van der Waals surface area contributed by atoms with Crippen molar-refractivity contribution in [1.82, 2.24) is 9.36 Å². The molecule has 18 heavy (non-hydrogen) atoms. The number of rotatable bonds is 5. The Bertz CT molecular complexity index is 486. The molecule has 0 saturated carbocycles. The average Bonchev–Trinajstić information content (AvgIpc) is 2.98. The Labute approximate surface area is 116 Å². The Morgan fingerprint density at radius 3 is 2.72 bits per heavy atom.